The fraction of sp³-hybridized carbons (Fsp3) is 0.286. The minimum absolute atomic E-state index is 0.200. The third-order valence-corrected chi connectivity index (χ3v) is 2.98. The highest BCUT2D eigenvalue weighted by atomic mass is 19.1. The number of aryl methyl sites for hydroxylation is 1. The summed E-state index contributed by atoms with van der Waals surface area (Å²) in [7, 11) is 3.34. The van der Waals surface area contributed by atoms with Crippen molar-refractivity contribution in [3.05, 3.63) is 53.0 Å². The smallest absolute Gasteiger partial charge is 0.233 e. The summed E-state index contributed by atoms with van der Waals surface area (Å²) in [4.78, 5) is 0. The molecule has 100 valence electrons. The molecule has 0 bridgehead atoms. The Morgan fingerprint density at radius 3 is 2.53 bits per heavy atom. The van der Waals surface area contributed by atoms with Crippen LogP contribution in [0.25, 0.3) is 0 Å². The van der Waals surface area contributed by atoms with Crippen molar-refractivity contribution in [3.63, 3.8) is 0 Å². The number of hydrogen-bond acceptors (Lipinski definition) is 4. The first-order valence-corrected chi connectivity index (χ1v) is 5.96. The number of aromatic nitrogens is 2. The molecule has 0 amide bonds. The van der Waals surface area contributed by atoms with Crippen LogP contribution in [0.2, 0.25) is 0 Å². The van der Waals surface area contributed by atoms with E-state index in [0.717, 1.165) is 5.56 Å². The third kappa shape index (κ3) is 2.88. The van der Waals surface area contributed by atoms with E-state index in [-0.39, 0.29) is 11.9 Å². The van der Waals surface area contributed by atoms with E-state index in [1.165, 1.54) is 13.2 Å². The monoisotopic (exact) mass is 261 g/mol. The number of nitrogens with one attached hydrogen (secondary N) is 1. The minimum Gasteiger partial charge on any atom is -0.480 e. The van der Waals surface area contributed by atoms with E-state index in [4.69, 9.17) is 4.74 Å². The lowest BCUT2D eigenvalue weighted by Crippen LogP contribution is -2.19. The van der Waals surface area contributed by atoms with Gasteiger partial charge in [-0.25, -0.2) is 4.39 Å². The topological polar surface area (TPSA) is 47.0 Å². The Morgan fingerprint density at radius 1 is 1.21 bits per heavy atom. The van der Waals surface area contributed by atoms with Crippen LogP contribution in [0, 0.1) is 12.7 Å². The largest absolute Gasteiger partial charge is 0.480 e. The molecule has 5 heteroatoms. The Kier molecular flexibility index (Phi) is 4.06. The van der Waals surface area contributed by atoms with E-state index < -0.39 is 0 Å². The second-order valence-corrected chi connectivity index (χ2v) is 4.23. The zero-order chi connectivity index (χ0) is 13.8. The van der Waals surface area contributed by atoms with E-state index in [2.05, 4.69) is 15.5 Å². The van der Waals surface area contributed by atoms with Crippen LogP contribution in [0.1, 0.15) is 22.9 Å². The van der Waals surface area contributed by atoms with Crippen molar-refractivity contribution in [2.45, 2.75) is 13.0 Å². The molecule has 2 aromatic rings. The fourth-order valence-electron chi connectivity index (χ4n) is 1.87. The van der Waals surface area contributed by atoms with Crippen LogP contribution in [0.5, 0.6) is 5.88 Å². The van der Waals surface area contributed by atoms with Crippen LogP contribution >= 0.6 is 0 Å². The number of hydrogen-bond donors (Lipinski definition) is 1. The van der Waals surface area contributed by atoms with E-state index >= 15 is 0 Å². The Hall–Kier alpha value is -2.01. The summed E-state index contributed by atoms with van der Waals surface area (Å²) in [5, 5.41) is 11.1. The number of rotatable bonds is 4. The molecule has 0 saturated carbocycles. The quantitative estimate of drug-likeness (QED) is 0.917. The van der Waals surface area contributed by atoms with Crippen molar-refractivity contribution in [3.8, 4) is 5.88 Å². The van der Waals surface area contributed by atoms with Gasteiger partial charge in [-0.2, -0.15) is 0 Å². The highest BCUT2D eigenvalue weighted by molar-refractivity contribution is 5.31. The molecule has 0 aliphatic rings. The predicted octanol–water partition coefficient (Wildman–Crippen LogP) is 2.24. The molecule has 0 saturated heterocycles. The van der Waals surface area contributed by atoms with Crippen LogP contribution in [-0.2, 0) is 0 Å². The van der Waals surface area contributed by atoms with Gasteiger partial charge in [0.15, 0.2) is 0 Å². The zero-order valence-corrected chi connectivity index (χ0v) is 11.1. The van der Waals surface area contributed by atoms with Crippen molar-refractivity contribution in [1.82, 2.24) is 15.5 Å². The fourth-order valence-corrected chi connectivity index (χ4v) is 1.87. The molecule has 0 spiro atoms. The summed E-state index contributed by atoms with van der Waals surface area (Å²) in [6.07, 6.45) is 0. The van der Waals surface area contributed by atoms with Gasteiger partial charge in [0.05, 0.1) is 18.8 Å². The Labute approximate surface area is 111 Å². The molecule has 0 fully saturated rings. The van der Waals surface area contributed by atoms with Crippen LogP contribution < -0.4 is 10.1 Å². The number of ether oxygens (including phenoxy) is 1. The second kappa shape index (κ2) is 5.75. The average Bonchev–Trinajstić information content (AvgIpc) is 2.44. The molecule has 4 nitrogen and oxygen atoms in total. The standard InChI is InChI=1S/C14H16FN3O/c1-9-4-5-10(8-11(9)15)14(16-2)12-6-7-13(19-3)18-17-12/h4-8,14,16H,1-3H3. The van der Waals surface area contributed by atoms with E-state index in [0.29, 0.717) is 17.1 Å². The maximum atomic E-state index is 13.6. The maximum absolute atomic E-state index is 13.6. The first-order chi connectivity index (χ1) is 9.15. The lowest BCUT2D eigenvalue weighted by atomic mass is 10.0. The first-order valence-electron chi connectivity index (χ1n) is 5.96. The molecule has 0 radical (unpaired) electrons. The highest BCUT2D eigenvalue weighted by Crippen LogP contribution is 2.22. The number of methoxy groups -OCH3 is 1. The van der Waals surface area contributed by atoms with Gasteiger partial charge >= 0.3 is 0 Å². The summed E-state index contributed by atoms with van der Waals surface area (Å²) in [6, 6.07) is 8.50. The lowest BCUT2D eigenvalue weighted by Gasteiger charge is -2.16. The average molecular weight is 261 g/mol. The zero-order valence-electron chi connectivity index (χ0n) is 11.1. The highest BCUT2D eigenvalue weighted by Gasteiger charge is 2.15. The second-order valence-electron chi connectivity index (χ2n) is 4.23. The molecule has 1 atom stereocenters. The van der Waals surface area contributed by atoms with Crippen molar-refractivity contribution in [1.29, 1.82) is 0 Å². The summed E-state index contributed by atoms with van der Waals surface area (Å²) in [6.45, 7) is 1.74. The first kappa shape index (κ1) is 13.4. The number of halogens is 1. The summed E-state index contributed by atoms with van der Waals surface area (Å²) >= 11 is 0. The molecule has 19 heavy (non-hydrogen) atoms. The molecular weight excluding hydrogens is 245 g/mol. The predicted molar refractivity (Wildman–Crippen MR) is 70.6 cm³/mol. The van der Waals surface area contributed by atoms with Crippen molar-refractivity contribution in [2.75, 3.05) is 14.2 Å². The summed E-state index contributed by atoms with van der Waals surface area (Å²) < 4.78 is 18.6. The van der Waals surface area contributed by atoms with Crippen molar-refractivity contribution >= 4 is 0 Å². The lowest BCUT2D eigenvalue weighted by molar-refractivity contribution is 0.390. The maximum Gasteiger partial charge on any atom is 0.233 e. The molecule has 1 aromatic carbocycles. The van der Waals surface area contributed by atoms with Gasteiger partial charge in [0.2, 0.25) is 5.88 Å². The van der Waals surface area contributed by atoms with Gasteiger partial charge in [-0.15, -0.1) is 10.2 Å². The third-order valence-electron chi connectivity index (χ3n) is 2.98. The molecule has 1 unspecified atom stereocenters. The molecule has 1 heterocycles. The Morgan fingerprint density at radius 2 is 2.00 bits per heavy atom. The van der Waals surface area contributed by atoms with Crippen LogP contribution in [0.4, 0.5) is 4.39 Å². The summed E-state index contributed by atoms with van der Waals surface area (Å²) in [5.74, 6) is 0.230. The van der Waals surface area contributed by atoms with E-state index in [1.54, 1.807) is 26.1 Å². The van der Waals surface area contributed by atoms with Gasteiger partial charge in [-0.1, -0.05) is 12.1 Å². The Bertz CT molecular complexity index is 557. The van der Waals surface area contributed by atoms with Crippen molar-refractivity contribution in [2.24, 2.45) is 0 Å². The van der Waals surface area contributed by atoms with Crippen LogP contribution in [0.15, 0.2) is 30.3 Å². The SMILES string of the molecule is CNC(c1ccc(C)c(F)c1)c1ccc(OC)nn1. The molecule has 1 N–H and O–H groups in total. The molecular formula is C14H16FN3O. The van der Waals surface area contributed by atoms with Gasteiger partial charge in [-0.05, 0) is 37.2 Å². The Balaban J connectivity index is 2.34. The van der Waals surface area contributed by atoms with Gasteiger partial charge in [-0.3, -0.25) is 0 Å². The number of nitrogens with zero attached hydrogens (tertiary/aromatic N) is 2. The van der Waals surface area contributed by atoms with Gasteiger partial charge in [0.1, 0.15) is 5.82 Å². The number of benzene rings is 1. The van der Waals surface area contributed by atoms with Gasteiger partial charge < -0.3 is 10.1 Å². The summed E-state index contributed by atoms with van der Waals surface area (Å²) in [5.41, 5.74) is 2.15. The van der Waals surface area contributed by atoms with Crippen LogP contribution in [0.3, 0.4) is 0 Å². The van der Waals surface area contributed by atoms with Gasteiger partial charge in [0, 0.05) is 6.07 Å². The van der Waals surface area contributed by atoms with Crippen LogP contribution in [-0.4, -0.2) is 24.4 Å². The van der Waals surface area contributed by atoms with Gasteiger partial charge in [0.25, 0.3) is 0 Å². The van der Waals surface area contributed by atoms with E-state index in [9.17, 15) is 4.39 Å². The normalized spacial score (nSPS) is 12.2. The van der Waals surface area contributed by atoms with Crippen molar-refractivity contribution < 1.29 is 9.13 Å². The molecule has 1 aromatic heterocycles. The molecule has 0 aliphatic carbocycles. The minimum atomic E-state index is -0.223. The van der Waals surface area contributed by atoms with E-state index in [1.807, 2.05) is 12.1 Å². The molecule has 2 rings (SSSR count). The molecule has 0 aliphatic heterocycles.